The Morgan fingerprint density at radius 3 is 2.61 bits per heavy atom. The number of nitrogens with zero attached hydrogens (tertiary/aromatic N) is 1. The lowest BCUT2D eigenvalue weighted by atomic mass is 10.1. The number of carboxylic acid groups (broad SMARTS) is 1. The Kier molecular flexibility index (Phi) is 4.04. The van der Waals surface area contributed by atoms with Crippen molar-refractivity contribution >= 4 is 35.2 Å². The SMILES string of the molecule is O=C(O)CN1C(=O)/C(=C/c2ccccc2Cl)Oc2ccccc21. The molecule has 0 saturated heterocycles. The van der Waals surface area contributed by atoms with Crippen molar-refractivity contribution in [2.24, 2.45) is 0 Å². The van der Waals surface area contributed by atoms with Gasteiger partial charge < -0.3 is 9.84 Å². The highest BCUT2D eigenvalue weighted by Gasteiger charge is 2.31. The summed E-state index contributed by atoms with van der Waals surface area (Å²) in [6, 6.07) is 13.8. The molecule has 0 radical (unpaired) electrons. The molecule has 1 amide bonds. The number of benzene rings is 2. The van der Waals surface area contributed by atoms with Gasteiger partial charge in [-0.3, -0.25) is 14.5 Å². The molecule has 0 unspecified atom stereocenters. The topological polar surface area (TPSA) is 66.8 Å². The van der Waals surface area contributed by atoms with Crippen molar-refractivity contribution in [3.05, 3.63) is 64.9 Å². The Morgan fingerprint density at radius 2 is 1.87 bits per heavy atom. The van der Waals surface area contributed by atoms with Gasteiger partial charge in [0.25, 0.3) is 5.91 Å². The minimum Gasteiger partial charge on any atom is -0.480 e. The van der Waals surface area contributed by atoms with E-state index in [1.807, 2.05) is 0 Å². The summed E-state index contributed by atoms with van der Waals surface area (Å²) >= 11 is 6.09. The Hall–Kier alpha value is -2.79. The van der Waals surface area contributed by atoms with Crippen LogP contribution in [0.25, 0.3) is 6.08 Å². The molecule has 1 aliphatic rings. The molecular weight excluding hydrogens is 318 g/mol. The van der Waals surface area contributed by atoms with Crippen molar-refractivity contribution in [3.63, 3.8) is 0 Å². The molecule has 1 heterocycles. The van der Waals surface area contributed by atoms with Gasteiger partial charge in [0.05, 0.1) is 5.69 Å². The van der Waals surface area contributed by atoms with Crippen LogP contribution in [-0.4, -0.2) is 23.5 Å². The van der Waals surface area contributed by atoms with Crippen molar-refractivity contribution in [3.8, 4) is 5.75 Å². The fourth-order valence-corrected chi connectivity index (χ4v) is 2.48. The van der Waals surface area contributed by atoms with Gasteiger partial charge >= 0.3 is 5.97 Å². The minimum absolute atomic E-state index is 0.0260. The summed E-state index contributed by atoms with van der Waals surface area (Å²) in [5, 5.41) is 9.53. The Morgan fingerprint density at radius 1 is 1.17 bits per heavy atom. The van der Waals surface area contributed by atoms with Crippen LogP contribution in [0.15, 0.2) is 54.3 Å². The first-order valence-electron chi connectivity index (χ1n) is 6.83. The highest BCUT2D eigenvalue weighted by atomic mass is 35.5. The number of carboxylic acids is 1. The number of carbonyl (C=O) groups is 2. The van der Waals surface area contributed by atoms with Gasteiger partial charge in [-0.1, -0.05) is 41.9 Å². The lowest BCUT2D eigenvalue weighted by Crippen LogP contribution is -2.40. The van der Waals surface area contributed by atoms with Crippen LogP contribution in [0.5, 0.6) is 5.75 Å². The third-order valence-electron chi connectivity index (χ3n) is 3.32. The molecular formula is C17H12ClNO4. The van der Waals surface area contributed by atoms with E-state index in [0.29, 0.717) is 22.0 Å². The number of halogens is 1. The Bertz CT molecular complexity index is 816. The maximum Gasteiger partial charge on any atom is 0.323 e. The Labute approximate surface area is 137 Å². The van der Waals surface area contributed by atoms with Gasteiger partial charge in [-0.2, -0.15) is 0 Å². The minimum atomic E-state index is -1.10. The normalized spacial score (nSPS) is 15.3. The highest BCUT2D eigenvalue weighted by molar-refractivity contribution is 6.32. The van der Waals surface area contributed by atoms with Gasteiger partial charge in [0.2, 0.25) is 0 Å². The second-order valence-electron chi connectivity index (χ2n) is 4.88. The zero-order valence-electron chi connectivity index (χ0n) is 11.9. The van der Waals surface area contributed by atoms with Gasteiger partial charge in [0.15, 0.2) is 11.5 Å². The van der Waals surface area contributed by atoms with E-state index in [0.717, 1.165) is 0 Å². The molecule has 0 bridgehead atoms. The summed E-state index contributed by atoms with van der Waals surface area (Å²) in [6.45, 7) is -0.445. The van der Waals surface area contributed by atoms with Crippen LogP contribution >= 0.6 is 11.6 Å². The van der Waals surface area contributed by atoms with Gasteiger partial charge in [-0.15, -0.1) is 0 Å². The monoisotopic (exact) mass is 329 g/mol. The number of carbonyl (C=O) groups excluding carboxylic acids is 1. The van der Waals surface area contributed by atoms with Gasteiger partial charge in [0, 0.05) is 5.02 Å². The van der Waals surface area contributed by atoms with Crippen molar-refractivity contribution in [2.45, 2.75) is 0 Å². The zero-order chi connectivity index (χ0) is 16.4. The number of amides is 1. The molecule has 2 aromatic carbocycles. The van der Waals surface area contributed by atoms with Crippen LogP contribution < -0.4 is 9.64 Å². The van der Waals surface area contributed by atoms with E-state index in [1.54, 1.807) is 48.5 Å². The summed E-state index contributed by atoms with van der Waals surface area (Å²) < 4.78 is 5.63. The Balaban J connectivity index is 2.06. The highest BCUT2D eigenvalue weighted by Crippen LogP contribution is 2.35. The molecule has 0 saturated carbocycles. The van der Waals surface area contributed by atoms with E-state index in [-0.39, 0.29) is 5.76 Å². The smallest absolute Gasteiger partial charge is 0.323 e. The van der Waals surface area contributed by atoms with Crippen LogP contribution in [0.1, 0.15) is 5.56 Å². The van der Waals surface area contributed by atoms with E-state index in [2.05, 4.69) is 0 Å². The molecule has 0 aliphatic carbocycles. The molecule has 116 valence electrons. The van der Waals surface area contributed by atoms with Crippen LogP contribution in [0.4, 0.5) is 5.69 Å². The van der Waals surface area contributed by atoms with Gasteiger partial charge in [-0.25, -0.2) is 0 Å². The molecule has 0 spiro atoms. The van der Waals surface area contributed by atoms with E-state index in [9.17, 15) is 9.59 Å². The molecule has 3 rings (SSSR count). The standard InChI is InChI=1S/C17H12ClNO4/c18-12-6-2-1-5-11(12)9-15-17(22)19(10-16(20)21)13-7-3-4-8-14(13)23-15/h1-9H,10H2,(H,20,21)/b15-9-. The predicted molar refractivity (Wildman–Crippen MR) is 86.5 cm³/mol. The number of hydrogen-bond acceptors (Lipinski definition) is 3. The molecule has 5 nitrogen and oxygen atoms in total. The largest absolute Gasteiger partial charge is 0.480 e. The van der Waals surface area contributed by atoms with Crippen molar-refractivity contribution in [1.82, 2.24) is 0 Å². The number of fused-ring (bicyclic) bond motifs is 1. The summed E-state index contributed by atoms with van der Waals surface area (Å²) in [6.07, 6.45) is 1.51. The molecule has 0 fully saturated rings. The number of hydrogen-bond donors (Lipinski definition) is 1. The van der Waals surface area contributed by atoms with E-state index in [4.69, 9.17) is 21.4 Å². The second-order valence-corrected chi connectivity index (χ2v) is 5.29. The molecule has 6 heteroatoms. The number of anilines is 1. The summed E-state index contributed by atoms with van der Waals surface area (Å²) in [5.41, 5.74) is 1.04. The van der Waals surface area contributed by atoms with Crippen LogP contribution in [0, 0.1) is 0 Å². The first-order valence-corrected chi connectivity index (χ1v) is 7.21. The fourth-order valence-electron chi connectivity index (χ4n) is 2.29. The zero-order valence-corrected chi connectivity index (χ0v) is 12.7. The van der Waals surface area contributed by atoms with Crippen LogP contribution in [0.3, 0.4) is 0 Å². The summed E-state index contributed by atoms with van der Waals surface area (Å²) in [4.78, 5) is 24.8. The van der Waals surface area contributed by atoms with Crippen molar-refractivity contribution < 1.29 is 19.4 Å². The van der Waals surface area contributed by atoms with Gasteiger partial charge in [0.1, 0.15) is 6.54 Å². The molecule has 0 atom stereocenters. The molecule has 1 aliphatic heterocycles. The third-order valence-corrected chi connectivity index (χ3v) is 3.66. The third kappa shape index (κ3) is 3.05. The number of rotatable bonds is 3. The first kappa shape index (κ1) is 15.1. The lowest BCUT2D eigenvalue weighted by molar-refractivity contribution is -0.136. The maximum absolute atomic E-state index is 12.6. The van der Waals surface area contributed by atoms with Crippen molar-refractivity contribution in [1.29, 1.82) is 0 Å². The average molecular weight is 330 g/mol. The summed E-state index contributed by atoms with van der Waals surface area (Å²) in [7, 11) is 0. The van der Waals surface area contributed by atoms with E-state index in [1.165, 1.54) is 11.0 Å². The number of aliphatic carboxylic acids is 1. The summed E-state index contributed by atoms with van der Waals surface area (Å²) in [5.74, 6) is -1.18. The molecule has 2 aromatic rings. The maximum atomic E-state index is 12.6. The van der Waals surface area contributed by atoms with Crippen LogP contribution in [-0.2, 0) is 9.59 Å². The first-order chi connectivity index (χ1) is 11.1. The second kappa shape index (κ2) is 6.14. The fraction of sp³-hybridized carbons (Fsp3) is 0.0588. The number of ether oxygens (including phenoxy) is 1. The predicted octanol–water partition coefficient (Wildman–Crippen LogP) is 3.19. The van der Waals surface area contributed by atoms with Gasteiger partial charge in [-0.05, 0) is 29.8 Å². The van der Waals surface area contributed by atoms with Crippen LogP contribution in [0.2, 0.25) is 5.02 Å². The van der Waals surface area contributed by atoms with E-state index >= 15 is 0 Å². The molecule has 1 N–H and O–H groups in total. The van der Waals surface area contributed by atoms with Crippen molar-refractivity contribution in [2.75, 3.05) is 11.4 Å². The van der Waals surface area contributed by atoms with E-state index < -0.39 is 18.4 Å². The lowest BCUT2D eigenvalue weighted by Gasteiger charge is -2.29. The molecule has 23 heavy (non-hydrogen) atoms. The quantitative estimate of drug-likeness (QED) is 0.878. The average Bonchev–Trinajstić information content (AvgIpc) is 2.53. The molecule has 0 aromatic heterocycles. The number of para-hydroxylation sites is 2.